The summed E-state index contributed by atoms with van der Waals surface area (Å²) in [6.45, 7) is -0.850. The molecule has 0 amide bonds. The molecule has 21 nitrogen and oxygen atoms in total. The Hall–Kier alpha value is -2.56. The molecule has 46 heavy (non-hydrogen) atoms. The molecule has 0 aliphatic carbocycles. The molecule has 3 aromatic heterocycles. The number of hydrogen-bond acceptors (Lipinski definition) is 19. The number of phosphoric ester groups is 1. The van der Waals surface area contributed by atoms with Crippen LogP contribution < -0.4 is 21.9 Å². The normalized spacial score (nSPS) is 38.2. The molecule has 3 saturated heterocycles. The molecule has 10 unspecified atom stereocenters. The van der Waals surface area contributed by atoms with Gasteiger partial charge in [-0.1, -0.05) is 0 Å². The monoisotopic (exact) mass is 706 g/mol. The number of nitrogens with one attached hydrogen (secondary N) is 1. The minimum absolute atomic E-state index is 0.0920. The number of phosphoric acid groups is 1. The Kier molecular flexibility index (Phi) is 8.24. The third-order valence-corrected chi connectivity index (χ3v) is 11.6. The number of aliphatic hydroxyl groups is 2. The maximum absolute atomic E-state index is 13.2. The van der Waals surface area contributed by atoms with Gasteiger partial charge in [-0.05, 0) is 6.42 Å². The number of aromatic amines is 1. The minimum atomic E-state index is -4.96. The van der Waals surface area contributed by atoms with Crippen molar-refractivity contribution in [2.75, 3.05) is 43.2 Å². The molecule has 24 heteroatoms. The van der Waals surface area contributed by atoms with E-state index >= 15 is 0 Å². The number of aromatic nitrogens is 6. The number of hydrogen-bond donors (Lipinski definition) is 7. The number of aliphatic hydroxyl groups excluding tert-OH is 2. The third kappa shape index (κ3) is 5.56. The summed E-state index contributed by atoms with van der Waals surface area (Å²) in [4.78, 5) is 43.7. The topological polar surface area (TPSA) is 287 Å². The van der Waals surface area contributed by atoms with E-state index in [1.807, 2.05) is 0 Å². The van der Waals surface area contributed by atoms with Gasteiger partial charge in [-0.25, -0.2) is 19.5 Å². The van der Waals surface area contributed by atoms with Gasteiger partial charge in [0.15, 0.2) is 30.0 Å². The third-order valence-electron chi connectivity index (χ3n) is 8.02. The Balaban J connectivity index is 1.20. The van der Waals surface area contributed by atoms with E-state index in [4.69, 9.17) is 43.6 Å². The lowest BCUT2D eigenvalue weighted by Crippen LogP contribution is -2.45. The average molecular weight is 707 g/mol. The van der Waals surface area contributed by atoms with Crippen LogP contribution >= 0.6 is 27.2 Å². The van der Waals surface area contributed by atoms with Gasteiger partial charge >= 0.3 is 15.0 Å². The van der Waals surface area contributed by atoms with Crippen molar-refractivity contribution >= 4 is 56.0 Å². The number of thiol groups is 1. The molecule has 0 saturated carbocycles. The highest BCUT2D eigenvalue weighted by Crippen LogP contribution is 2.68. The fraction of sp³-hybridized carbons (Fsp3) is 0.591. The second kappa shape index (κ2) is 11.8. The fourth-order valence-corrected chi connectivity index (χ4v) is 8.46. The van der Waals surface area contributed by atoms with Crippen molar-refractivity contribution in [2.24, 2.45) is 0 Å². The fourth-order valence-electron chi connectivity index (χ4n) is 5.84. The highest BCUT2D eigenvalue weighted by molar-refractivity contribution is 8.47. The van der Waals surface area contributed by atoms with Crippen LogP contribution in [0.4, 0.5) is 17.6 Å². The van der Waals surface area contributed by atoms with Crippen molar-refractivity contribution in [3.8, 4) is 0 Å². The number of ether oxygens (including phenoxy) is 2. The summed E-state index contributed by atoms with van der Waals surface area (Å²) < 4.78 is 55.1. The molecular weight excluding hydrogens is 676 g/mol. The van der Waals surface area contributed by atoms with Gasteiger partial charge in [0.05, 0.1) is 37.9 Å². The lowest BCUT2D eigenvalue weighted by molar-refractivity contribution is -0.0542. The van der Waals surface area contributed by atoms with Gasteiger partial charge in [0, 0.05) is 6.54 Å². The quantitative estimate of drug-likeness (QED) is 0.122. The molecule has 0 spiro atoms. The summed E-state index contributed by atoms with van der Waals surface area (Å²) in [5, 5.41) is 22.6. The summed E-state index contributed by atoms with van der Waals surface area (Å²) in [6, 6.07) is 0. The van der Waals surface area contributed by atoms with Crippen molar-refractivity contribution < 1.29 is 51.8 Å². The number of H-pyrrole nitrogens is 1. The maximum atomic E-state index is 13.2. The van der Waals surface area contributed by atoms with Crippen LogP contribution in [0, 0.1) is 0 Å². The Morgan fingerprint density at radius 2 is 1.91 bits per heavy atom. The van der Waals surface area contributed by atoms with E-state index < -0.39 is 82.8 Å². The molecule has 3 fully saturated rings. The Labute approximate surface area is 264 Å². The molecule has 0 aromatic carbocycles. The van der Waals surface area contributed by atoms with Crippen LogP contribution in [-0.2, 0) is 43.1 Å². The van der Waals surface area contributed by atoms with Crippen LogP contribution in [0.1, 0.15) is 11.8 Å². The van der Waals surface area contributed by atoms with Crippen LogP contribution in [0.25, 0.3) is 11.2 Å². The lowest BCUT2D eigenvalue weighted by atomic mass is 10.1. The number of anilines is 3. The summed E-state index contributed by atoms with van der Waals surface area (Å²) in [5.74, 6) is 0.178. The van der Waals surface area contributed by atoms with Crippen molar-refractivity contribution in [1.82, 2.24) is 29.5 Å². The summed E-state index contributed by atoms with van der Waals surface area (Å²) in [6.07, 6.45) is -7.81. The molecule has 4 aliphatic rings. The Bertz CT molecular complexity index is 1750. The smallest absolute Gasteiger partial charge is 0.387 e. The molecule has 4 aliphatic heterocycles. The van der Waals surface area contributed by atoms with Gasteiger partial charge in [0.2, 0.25) is 5.95 Å². The Morgan fingerprint density at radius 3 is 2.70 bits per heavy atom. The number of nitrogens with zero attached hydrogens (tertiary/aromatic N) is 6. The summed E-state index contributed by atoms with van der Waals surface area (Å²) in [7, 11) is -7.32. The van der Waals surface area contributed by atoms with E-state index in [2.05, 4.69) is 37.2 Å². The zero-order valence-electron chi connectivity index (χ0n) is 23.8. The molecule has 3 aromatic rings. The molecule has 0 radical (unpaired) electrons. The molecule has 8 N–H and O–H groups in total. The highest BCUT2D eigenvalue weighted by atomic mass is 32.7. The zero-order chi connectivity index (χ0) is 32.5. The van der Waals surface area contributed by atoms with Crippen LogP contribution in [0.2, 0.25) is 0 Å². The average Bonchev–Trinajstić information content (AvgIpc) is 3.77. The van der Waals surface area contributed by atoms with E-state index in [1.54, 1.807) is 4.90 Å². The number of fused-ring (bicyclic) bond motifs is 5. The van der Waals surface area contributed by atoms with Crippen LogP contribution in [0.5, 0.6) is 0 Å². The predicted octanol–water partition coefficient (Wildman–Crippen LogP) is -1.35. The first-order valence-corrected chi connectivity index (χ1v) is 18.0. The van der Waals surface area contributed by atoms with Crippen molar-refractivity contribution in [3.05, 3.63) is 28.6 Å². The van der Waals surface area contributed by atoms with Crippen LogP contribution in [0.3, 0.4) is 0 Å². The minimum Gasteiger partial charge on any atom is -0.387 e. The number of nitrogens with two attached hydrogens (primary N) is 2. The van der Waals surface area contributed by atoms with Gasteiger partial charge < -0.3 is 40.9 Å². The Morgan fingerprint density at radius 1 is 1.13 bits per heavy atom. The lowest BCUT2D eigenvalue weighted by Gasteiger charge is -2.30. The molecule has 250 valence electrons. The van der Waals surface area contributed by atoms with Crippen molar-refractivity contribution in [2.45, 2.75) is 55.5 Å². The van der Waals surface area contributed by atoms with Crippen molar-refractivity contribution in [3.63, 3.8) is 0 Å². The van der Waals surface area contributed by atoms with E-state index in [0.29, 0.717) is 5.56 Å². The first-order chi connectivity index (χ1) is 21.9. The number of imidazole rings is 1. The van der Waals surface area contributed by atoms with Gasteiger partial charge in [0.25, 0.3) is 5.56 Å². The van der Waals surface area contributed by atoms with Crippen LogP contribution in [0.15, 0.2) is 17.4 Å². The largest absolute Gasteiger partial charge is 0.478 e. The summed E-state index contributed by atoms with van der Waals surface area (Å²) >= 11 is 4.54. The second-order valence-corrected chi connectivity index (χ2v) is 15.4. The van der Waals surface area contributed by atoms with E-state index in [-0.39, 0.29) is 41.7 Å². The van der Waals surface area contributed by atoms with E-state index in [9.17, 15) is 24.5 Å². The van der Waals surface area contributed by atoms with E-state index in [1.165, 1.54) is 24.3 Å². The summed E-state index contributed by atoms with van der Waals surface area (Å²) in [5.41, 5.74) is 12.1. The van der Waals surface area contributed by atoms with Crippen LogP contribution in [-0.4, -0.2) is 114 Å². The number of nitrogen functional groups attached to an aromatic ring is 2. The maximum Gasteiger partial charge on any atom is 0.478 e. The van der Waals surface area contributed by atoms with Gasteiger partial charge in [-0.2, -0.15) is 18.6 Å². The molecular formula is C22H30N9O12P2S+. The predicted molar refractivity (Wildman–Crippen MR) is 159 cm³/mol. The highest BCUT2D eigenvalue weighted by Gasteiger charge is 2.59. The standard InChI is InChI=1S/C22H29N9O12P2S/c1-37-45(46)39-5-10-14(13(33)20(41-10)31-7-27-11-16(23)25-6-26-18(11)31)42-44(35,36)38-4-9-12(32)15(43-45)21(40-9)30-3-2-8-17(30)28-22(24)29-19(8)34/h6-7,9-10,12-15,20-21,32-33,46H,2-5H2,1H3,(H5-,23,24,25,26,28,29,34,35,36)/p+1. The molecule has 7 rings (SSSR count). The molecule has 10 atom stereocenters. The molecule has 7 heterocycles. The SMILES string of the molecule is CO[P+]1(S)OCC2OC(n3cnc4c(N)ncnc43)C(O)C2OP(=O)(O)OCC2OC(N3CCc4c3nc(N)[nH]c4=O)C(O1)C2O. The van der Waals surface area contributed by atoms with Crippen molar-refractivity contribution in [1.29, 1.82) is 0 Å². The number of rotatable bonds is 3. The zero-order valence-corrected chi connectivity index (χ0v) is 26.5. The first-order valence-electron chi connectivity index (χ1n) is 13.8. The first kappa shape index (κ1) is 32.0. The van der Waals surface area contributed by atoms with Gasteiger partial charge in [0.1, 0.15) is 54.8 Å². The van der Waals surface area contributed by atoms with Gasteiger partial charge in [-0.15, -0.1) is 0 Å². The van der Waals surface area contributed by atoms with E-state index in [0.717, 1.165) is 0 Å². The van der Waals surface area contributed by atoms with Gasteiger partial charge in [-0.3, -0.25) is 23.4 Å². The molecule has 2 bridgehead atoms. The second-order valence-electron chi connectivity index (χ2n) is 10.7.